The van der Waals surface area contributed by atoms with E-state index in [0.29, 0.717) is 11.3 Å². The minimum atomic E-state index is -0.450. The number of rotatable bonds is 6. The van der Waals surface area contributed by atoms with E-state index in [1.807, 2.05) is 37.3 Å². The SMILES string of the molecule is Cc1ccc(NC(=O)COC(=O)[C@@H]2[C@H]3CC[C@@H](C3)[C@@H]2C(=O)c2ccccc2)cc1. The molecule has 4 atom stereocenters. The number of Topliss-reactive ketones (excluding diaryl/α,β-unsaturated/α-hetero) is 1. The Kier molecular flexibility index (Phi) is 5.47. The van der Waals surface area contributed by atoms with Crippen LogP contribution in [-0.4, -0.2) is 24.3 Å². The number of carbonyl (C=O) groups excluding carboxylic acids is 3. The van der Waals surface area contributed by atoms with Gasteiger partial charge < -0.3 is 10.1 Å². The number of hydrogen-bond donors (Lipinski definition) is 1. The van der Waals surface area contributed by atoms with Gasteiger partial charge in [0.05, 0.1) is 5.92 Å². The first-order valence-corrected chi connectivity index (χ1v) is 10.2. The Balaban J connectivity index is 1.39. The summed E-state index contributed by atoms with van der Waals surface area (Å²) in [7, 11) is 0. The molecule has 5 heteroatoms. The number of nitrogens with one attached hydrogen (secondary N) is 1. The number of fused-ring (bicyclic) bond motifs is 2. The molecule has 0 aromatic heterocycles. The maximum Gasteiger partial charge on any atom is 0.310 e. The quantitative estimate of drug-likeness (QED) is 0.596. The van der Waals surface area contributed by atoms with Crippen molar-refractivity contribution in [2.24, 2.45) is 23.7 Å². The van der Waals surface area contributed by atoms with Gasteiger partial charge in [-0.25, -0.2) is 0 Å². The van der Waals surface area contributed by atoms with Crippen molar-refractivity contribution in [3.63, 3.8) is 0 Å². The summed E-state index contributed by atoms with van der Waals surface area (Å²) in [5.74, 6) is -1.18. The molecule has 4 rings (SSSR count). The van der Waals surface area contributed by atoms with Crippen LogP contribution in [0, 0.1) is 30.6 Å². The van der Waals surface area contributed by atoms with Crippen LogP contribution < -0.4 is 5.32 Å². The van der Waals surface area contributed by atoms with E-state index < -0.39 is 11.9 Å². The van der Waals surface area contributed by atoms with Crippen molar-refractivity contribution in [3.8, 4) is 0 Å². The zero-order valence-electron chi connectivity index (χ0n) is 16.5. The van der Waals surface area contributed by atoms with Gasteiger partial charge in [-0.3, -0.25) is 14.4 Å². The molecule has 1 amide bonds. The Morgan fingerprint density at radius 2 is 1.59 bits per heavy atom. The number of carbonyl (C=O) groups is 3. The average Bonchev–Trinajstić information content (AvgIpc) is 3.35. The molecule has 0 saturated heterocycles. The van der Waals surface area contributed by atoms with E-state index in [9.17, 15) is 14.4 Å². The van der Waals surface area contributed by atoms with E-state index in [4.69, 9.17) is 4.74 Å². The van der Waals surface area contributed by atoms with Crippen LogP contribution in [0.25, 0.3) is 0 Å². The third-order valence-electron chi connectivity index (χ3n) is 6.23. The van der Waals surface area contributed by atoms with Crippen LogP contribution in [0.4, 0.5) is 5.69 Å². The second-order valence-electron chi connectivity index (χ2n) is 8.14. The van der Waals surface area contributed by atoms with Crippen LogP contribution >= 0.6 is 0 Å². The molecule has 0 heterocycles. The fourth-order valence-electron chi connectivity index (χ4n) is 4.87. The molecule has 150 valence electrons. The van der Waals surface area contributed by atoms with Crippen molar-refractivity contribution in [3.05, 3.63) is 65.7 Å². The van der Waals surface area contributed by atoms with Crippen molar-refractivity contribution in [1.29, 1.82) is 0 Å². The molecule has 1 N–H and O–H groups in total. The van der Waals surface area contributed by atoms with Crippen LogP contribution in [-0.2, 0) is 14.3 Å². The Hall–Kier alpha value is -2.95. The smallest absolute Gasteiger partial charge is 0.310 e. The van der Waals surface area contributed by atoms with Crippen LogP contribution in [0.15, 0.2) is 54.6 Å². The lowest BCUT2D eigenvalue weighted by Crippen LogP contribution is -2.37. The molecule has 2 bridgehead atoms. The van der Waals surface area contributed by atoms with Crippen LogP contribution in [0.5, 0.6) is 0 Å². The number of benzene rings is 2. The summed E-state index contributed by atoms with van der Waals surface area (Å²) in [5.41, 5.74) is 2.40. The Morgan fingerprint density at radius 1 is 0.931 bits per heavy atom. The van der Waals surface area contributed by atoms with E-state index in [2.05, 4.69) is 5.32 Å². The standard InChI is InChI=1S/C24H25NO4/c1-15-7-11-19(12-8-15)25-20(26)14-29-24(28)22-18-10-9-17(13-18)21(22)23(27)16-5-3-2-4-6-16/h2-8,11-12,17-18,21-22H,9-10,13-14H2,1H3,(H,25,26)/t17-,18-,21-,22+/m0/s1. The molecule has 2 aliphatic rings. The third-order valence-corrected chi connectivity index (χ3v) is 6.23. The lowest BCUT2D eigenvalue weighted by Gasteiger charge is -2.28. The largest absolute Gasteiger partial charge is 0.455 e. The molecular weight excluding hydrogens is 366 g/mol. The lowest BCUT2D eigenvalue weighted by atomic mass is 9.75. The van der Waals surface area contributed by atoms with Gasteiger partial charge in [0.15, 0.2) is 12.4 Å². The van der Waals surface area contributed by atoms with Gasteiger partial charge in [-0.15, -0.1) is 0 Å². The maximum atomic E-state index is 13.1. The first-order chi connectivity index (χ1) is 14.0. The molecule has 29 heavy (non-hydrogen) atoms. The fourth-order valence-corrected chi connectivity index (χ4v) is 4.87. The maximum absolute atomic E-state index is 13.1. The number of ether oxygens (including phenoxy) is 1. The minimum Gasteiger partial charge on any atom is -0.455 e. The molecule has 0 spiro atoms. The van der Waals surface area contributed by atoms with Crippen LogP contribution in [0.2, 0.25) is 0 Å². The molecule has 2 fully saturated rings. The molecule has 0 aliphatic heterocycles. The highest BCUT2D eigenvalue weighted by molar-refractivity contribution is 6.01. The van der Waals surface area contributed by atoms with Crippen molar-refractivity contribution in [2.75, 3.05) is 11.9 Å². The van der Waals surface area contributed by atoms with Gasteiger partial charge in [-0.1, -0.05) is 48.0 Å². The predicted octanol–water partition coefficient (Wildman–Crippen LogP) is 4.02. The summed E-state index contributed by atoms with van der Waals surface area (Å²) in [6.07, 6.45) is 2.81. The van der Waals surface area contributed by atoms with E-state index in [1.165, 1.54) is 0 Å². The van der Waals surface area contributed by atoms with E-state index in [0.717, 1.165) is 24.8 Å². The number of amides is 1. The molecule has 2 aromatic carbocycles. The second-order valence-corrected chi connectivity index (χ2v) is 8.14. The number of hydrogen-bond acceptors (Lipinski definition) is 4. The summed E-state index contributed by atoms with van der Waals surface area (Å²) in [6.45, 7) is 1.63. The first-order valence-electron chi connectivity index (χ1n) is 10.2. The molecule has 0 unspecified atom stereocenters. The highest BCUT2D eigenvalue weighted by atomic mass is 16.5. The molecule has 2 aliphatic carbocycles. The molecule has 0 radical (unpaired) electrons. The summed E-state index contributed by atoms with van der Waals surface area (Å²) < 4.78 is 5.35. The number of esters is 1. The number of aryl methyl sites for hydroxylation is 1. The Labute approximate surface area is 170 Å². The van der Waals surface area contributed by atoms with Crippen LogP contribution in [0.1, 0.15) is 35.2 Å². The molecule has 2 saturated carbocycles. The summed E-state index contributed by atoms with van der Waals surface area (Å²) >= 11 is 0. The van der Waals surface area contributed by atoms with Gasteiger partial charge in [0, 0.05) is 17.2 Å². The van der Waals surface area contributed by atoms with E-state index >= 15 is 0 Å². The van der Waals surface area contributed by atoms with Gasteiger partial charge >= 0.3 is 5.97 Å². The van der Waals surface area contributed by atoms with Gasteiger partial charge in [0.25, 0.3) is 5.91 Å². The van der Waals surface area contributed by atoms with Crippen molar-refractivity contribution in [2.45, 2.75) is 26.2 Å². The highest BCUT2D eigenvalue weighted by Gasteiger charge is 2.54. The number of ketones is 1. The average molecular weight is 391 g/mol. The Bertz CT molecular complexity index is 906. The van der Waals surface area contributed by atoms with Crippen LogP contribution in [0.3, 0.4) is 0 Å². The van der Waals surface area contributed by atoms with Crippen molar-refractivity contribution in [1.82, 2.24) is 0 Å². The summed E-state index contributed by atoms with van der Waals surface area (Å²) in [5, 5.41) is 2.73. The zero-order chi connectivity index (χ0) is 20.4. The van der Waals surface area contributed by atoms with Gasteiger partial charge in [0.1, 0.15) is 0 Å². The minimum absolute atomic E-state index is 0.0175. The van der Waals surface area contributed by atoms with E-state index in [-0.39, 0.29) is 36.1 Å². The Morgan fingerprint density at radius 3 is 2.28 bits per heavy atom. The summed E-state index contributed by atoms with van der Waals surface area (Å²) in [6, 6.07) is 16.5. The molecule has 2 aromatic rings. The summed E-state index contributed by atoms with van der Waals surface area (Å²) in [4.78, 5) is 38.1. The predicted molar refractivity (Wildman–Crippen MR) is 109 cm³/mol. The van der Waals surface area contributed by atoms with Crippen molar-refractivity contribution < 1.29 is 19.1 Å². The highest BCUT2D eigenvalue weighted by Crippen LogP contribution is 2.53. The third kappa shape index (κ3) is 4.09. The zero-order valence-corrected chi connectivity index (χ0v) is 16.5. The van der Waals surface area contributed by atoms with Gasteiger partial charge in [-0.2, -0.15) is 0 Å². The lowest BCUT2D eigenvalue weighted by molar-refractivity contribution is -0.154. The van der Waals surface area contributed by atoms with E-state index in [1.54, 1.807) is 24.3 Å². The van der Waals surface area contributed by atoms with Gasteiger partial charge in [0.2, 0.25) is 0 Å². The first kappa shape index (κ1) is 19.4. The second kappa shape index (κ2) is 8.19. The van der Waals surface area contributed by atoms with Crippen molar-refractivity contribution >= 4 is 23.3 Å². The normalized spacial score (nSPS) is 24.9. The monoisotopic (exact) mass is 391 g/mol. The molecule has 5 nitrogen and oxygen atoms in total. The topological polar surface area (TPSA) is 72.5 Å². The number of anilines is 1. The fraction of sp³-hybridized carbons (Fsp3) is 0.375. The molecular formula is C24H25NO4. The van der Waals surface area contributed by atoms with Gasteiger partial charge in [-0.05, 0) is 50.2 Å².